The lowest BCUT2D eigenvalue weighted by Gasteiger charge is -2.19. The monoisotopic (exact) mass is 355 g/mol. The van der Waals surface area contributed by atoms with Crippen molar-refractivity contribution in [1.29, 1.82) is 0 Å². The third kappa shape index (κ3) is 6.80. The summed E-state index contributed by atoms with van der Waals surface area (Å²) in [6.45, 7) is 3.77. The van der Waals surface area contributed by atoms with Gasteiger partial charge in [-0.3, -0.25) is 9.00 Å². The second kappa shape index (κ2) is 10.2. The highest BCUT2D eigenvalue weighted by molar-refractivity contribution is 7.85. The number of methoxy groups -OCH3 is 1. The highest BCUT2D eigenvalue weighted by Crippen LogP contribution is 2.09. The summed E-state index contributed by atoms with van der Waals surface area (Å²) in [5, 5.41) is 12.3. The van der Waals surface area contributed by atoms with Gasteiger partial charge < -0.3 is 15.2 Å². The number of hydrogen-bond donors (Lipinski definition) is 2. The Bertz CT molecular complexity index is 561. The van der Waals surface area contributed by atoms with Gasteiger partial charge in [0, 0.05) is 10.6 Å². The summed E-state index contributed by atoms with van der Waals surface area (Å²) >= 11 is 0. The first-order valence-electron chi connectivity index (χ1n) is 7.84. The Balaban J connectivity index is 2.64. The number of esters is 1. The van der Waals surface area contributed by atoms with Crippen molar-refractivity contribution in [3.63, 3.8) is 0 Å². The molecule has 0 fully saturated rings. The Kier molecular flexibility index (Phi) is 8.63. The Morgan fingerprint density at radius 1 is 1.25 bits per heavy atom. The van der Waals surface area contributed by atoms with Crippen molar-refractivity contribution in [2.75, 3.05) is 12.9 Å². The van der Waals surface area contributed by atoms with E-state index in [1.165, 1.54) is 7.11 Å². The molecule has 6 nitrogen and oxygen atoms in total. The van der Waals surface area contributed by atoms with Crippen molar-refractivity contribution in [3.05, 3.63) is 30.3 Å². The van der Waals surface area contributed by atoms with E-state index in [9.17, 15) is 18.9 Å². The maximum atomic E-state index is 12.2. The number of carbonyl (C=O) groups is 2. The second-order valence-corrected chi connectivity index (χ2v) is 7.45. The lowest BCUT2D eigenvalue weighted by Crippen LogP contribution is -2.46. The van der Waals surface area contributed by atoms with Crippen LogP contribution in [-0.2, 0) is 25.1 Å². The molecule has 0 aliphatic heterocycles. The van der Waals surface area contributed by atoms with E-state index in [1.807, 2.05) is 19.9 Å². The molecule has 2 N–H and O–H groups in total. The number of rotatable bonds is 9. The van der Waals surface area contributed by atoms with Gasteiger partial charge in [-0.05, 0) is 30.9 Å². The summed E-state index contributed by atoms with van der Waals surface area (Å²) in [7, 11) is -0.0563. The molecule has 0 heterocycles. The number of aliphatic hydroxyl groups is 1. The van der Waals surface area contributed by atoms with Crippen LogP contribution >= 0.6 is 0 Å². The van der Waals surface area contributed by atoms with Gasteiger partial charge in [-0.1, -0.05) is 32.0 Å². The fourth-order valence-electron chi connectivity index (χ4n) is 2.13. The van der Waals surface area contributed by atoms with Crippen LogP contribution in [0.25, 0.3) is 0 Å². The van der Waals surface area contributed by atoms with Gasteiger partial charge in [0.15, 0.2) is 0 Å². The minimum atomic E-state index is -1.28. The molecule has 1 rings (SSSR count). The van der Waals surface area contributed by atoms with E-state index in [1.54, 1.807) is 24.3 Å². The molecule has 1 aromatic rings. The minimum absolute atomic E-state index is 0.146. The summed E-state index contributed by atoms with van der Waals surface area (Å²) < 4.78 is 16.9. The van der Waals surface area contributed by atoms with E-state index >= 15 is 0 Å². The Labute approximate surface area is 145 Å². The first-order chi connectivity index (χ1) is 11.3. The van der Waals surface area contributed by atoms with Crippen LogP contribution in [0.15, 0.2) is 35.2 Å². The lowest BCUT2D eigenvalue weighted by atomic mass is 10.1. The van der Waals surface area contributed by atoms with E-state index in [-0.39, 0.29) is 18.1 Å². The number of carbonyl (C=O) groups excluding carboxylic acids is 2. The number of hydrogen-bond acceptors (Lipinski definition) is 5. The molecule has 0 unspecified atom stereocenters. The van der Waals surface area contributed by atoms with Gasteiger partial charge in [0.05, 0.1) is 17.9 Å². The topological polar surface area (TPSA) is 92.7 Å². The van der Waals surface area contributed by atoms with Crippen molar-refractivity contribution < 1.29 is 23.6 Å². The third-order valence-electron chi connectivity index (χ3n) is 3.40. The van der Waals surface area contributed by atoms with Crippen LogP contribution in [0.1, 0.15) is 26.7 Å². The highest BCUT2D eigenvalue weighted by atomic mass is 32.2. The van der Waals surface area contributed by atoms with E-state index in [4.69, 9.17) is 0 Å². The van der Waals surface area contributed by atoms with Gasteiger partial charge in [-0.2, -0.15) is 0 Å². The zero-order chi connectivity index (χ0) is 18.1. The molecule has 0 radical (unpaired) electrons. The number of aliphatic hydroxyl groups excluding tert-OH is 1. The minimum Gasteiger partial charge on any atom is -0.467 e. The molecule has 0 saturated heterocycles. The summed E-state index contributed by atoms with van der Waals surface area (Å²) in [5.74, 6) is -0.896. The Hall–Kier alpha value is -1.73. The fourth-order valence-corrected chi connectivity index (χ4v) is 3.27. The zero-order valence-electron chi connectivity index (χ0n) is 14.2. The fraction of sp³-hybridized carbons (Fsp3) is 0.529. The molecular formula is C17H25NO5S. The van der Waals surface area contributed by atoms with E-state index in [0.717, 1.165) is 0 Å². The quantitative estimate of drug-likeness (QED) is 0.650. The largest absolute Gasteiger partial charge is 0.467 e. The van der Waals surface area contributed by atoms with Crippen molar-refractivity contribution in [2.45, 2.75) is 43.7 Å². The normalized spacial score (nSPS) is 14.7. The first-order valence-corrected chi connectivity index (χ1v) is 9.16. The highest BCUT2D eigenvalue weighted by Gasteiger charge is 2.26. The lowest BCUT2D eigenvalue weighted by molar-refractivity contribution is -0.146. The predicted molar refractivity (Wildman–Crippen MR) is 91.7 cm³/mol. The SMILES string of the molecule is COC(=O)[C@@H](CC[S@](=O)c1ccccc1)NC(=O)[C@@H](O)CC(C)C. The summed E-state index contributed by atoms with van der Waals surface area (Å²) in [6, 6.07) is 7.96. The smallest absolute Gasteiger partial charge is 0.328 e. The van der Waals surface area contributed by atoms with Crippen molar-refractivity contribution in [3.8, 4) is 0 Å². The molecule has 0 saturated carbocycles. The zero-order valence-corrected chi connectivity index (χ0v) is 15.0. The predicted octanol–water partition coefficient (Wildman–Crippen LogP) is 1.25. The number of amides is 1. The van der Waals surface area contributed by atoms with Gasteiger partial charge in [-0.15, -0.1) is 0 Å². The molecule has 1 aromatic carbocycles. The molecule has 3 atom stereocenters. The van der Waals surface area contributed by atoms with Gasteiger partial charge >= 0.3 is 5.97 Å². The number of nitrogens with one attached hydrogen (secondary N) is 1. The molecule has 0 spiro atoms. The Morgan fingerprint density at radius 2 is 1.88 bits per heavy atom. The van der Waals surface area contributed by atoms with Crippen LogP contribution < -0.4 is 5.32 Å². The average Bonchev–Trinajstić information content (AvgIpc) is 2.57. The van der Waals surface area contributed by atoms with Crippen molar-refractivity contribution in [2.24, 2.45) is 5.92 Å². The number of benzene rings is 1. The Morgan fingerprint density at radius 3 is 2.42 bits per heavy atom. The summed E-state index contributed by atoms with van der Waals surface area (Å²) in [6.07, 6.45) is -0.721. The third-order valence-corrected chi connectivity index (χ3v) is 4.80. The van der Waals surface area contributed by atoms with E-state index < -0.39 is 34.8 Å². The molecule has 1 amide bonds. The van der Waals surface area contributed by atoms with Crippen LogP contribution in [0.5, 0.6) is 0 Å². The van der Waals surface area contributed by atoms with Crippen molar-refractivity contribution >= 4 is 22.7 Å². The van der Waals surface area contributed by atoms with Crippen LogP contribution in [0, 0.1) is 5.92 Å². The summed E-state index contributed by atoms with van der Waals surface area (Å²) in [5.41, 5.74) is 0. The molecular weight excluding hydrogens is 330 g/mol. The van der Waals surface area contributed by atoms with Gasteiger partial charge in [-0.25, -0.2) is 4.79 Å². The van der Waals surface area contributed by atoms with Crippen LogP contribution in [0.3, 0.4) is 0 Å². The first kappa shape index (κ1) is 20.3. The standard InChI is InChI=1S/C17H25NO5S/c1-12(2)11-15(19)16(20)18-14(17(21)23-3)9-10-24(22)13-7-5-4-6-8-13/h4-8,12,14-15,19H,9-11H2,1-3H3,(H,18,20)/t14-,15+,24+/m1/s1. The number of ether oxygens (including phenoxy) is 1. The molecule has 134 valence electrons. The molecule has 0 bridgehead atoms. The van der Waals surface area contributed by atoms with E-state index in [0.29, 0.717) is 11.3 Å². The molecule has 0 aliphatic rings. The van der Waals surface area contributed by atoms with Crippen LogP contribution in [0.4, 0.5) is 0 Å². The second-order valence-electron chi connectivity index (χ2n) is 5.88. The van der Waals surface area contributed by atoms with Gasteiger partial charge in [0.25, 0.3) is 0 Å². The summed E-state index contributed by atoms with van der Waals surface area (Å²) in [4.78, 5) is 24.5. The molecule has 0 aliphatic carbocycles. The van der Waals surface area contributed by atoms with Crippen LogP contribution in [-0.4, -0.2) is 46.2 Å². The maximum absolute atomic E-state index is 12.2. The van der Waals surface area contributed by atoms with Gasteiger partial charge in [0.2, 0.25) is 5.91 Å². The van der Waals surface area contributed by atoms with E-state index in [2.05, 4.69) is 10.1 Å². The molecule has 0 aromatic heterocycles. The van der Waals surface area contributed by atoms with Crippen LogP contribution in [0.2, 0.25) is 0 Å². The average molecular weight is 355 g/mol. The molecule has 24 heavy (non-hydrogen) atoms. The maximum Gasteiger partial charge on any atom is 0.328 e. The molecule has 7 heteroatoms. The van der Waals surface area contributed by atoms with Crippen molar-refractivity contribution in [1.82, 2.24) is 5.32 Å². The van der Waals surface area contributed by atoms with Gasteiger partial charge in [0.1, 0.15) is 12.1 Å².